The zero-order chi connectivity index (χ0) is 22.7. The van der Waals surface area contributed by atoms with Crippen molar-refractivity contribution < 1.29 is 19.1 Å². The molecule has 0 radical (unpaired) electrons. The van der Waals surface area contributed by atoms with E-state index in [1.807, 2.05) is 29.0 Å². The Balaban J connectivity index is 1.56. The molecule has 0 bridgehead atoms. The molecule has 168 valence electrons. The maximum absolute atomic E-state index is 14.7. The van der Waals surface area contributed by atoms with Crippen molar-refractivity contribution in [2.24, 2.45) is 0 Å². The average Bonchev–Trinajstić information content (AvgIpc) is 3.13. The molecular weight excluding hydrogens is 409 g/mol. The smallest absolute Gasteiger partial charge is 0.251 e. The predicted molar refractivity (Wildman–Crippen MR) is 121 cm³/mol. The second-order valence-corrected chi connectivity index (χ2v) is 8.39. The normalized spacial score (nSPS) is 18.5. The van der Waals surface area contributed by atoms with Crippen LogP contribution in [0.3, 0.4) is 0 Å². The molecule has 3 aromatic rings. The Labute approximate surface area is 186 Å². The zero-order valence-corrected chi connectivity index (χ0v) is 18.1. The molecular formula is C25H28FN3O3. The van der Waals surface area contributed by atoms with Crippen molar-refractivity contribution >= 4 is 22.7 Å². The number of benzene rings is 2. The van der Waals surface area contributed by atoms with Crippen LogP contribution in [0.5, 0.6) is 0 Å². The molecule has 1 saturated carbocycles. The van der Waals surface area contributed by atoms with Gasteiger partial charge in [0.1, 0.15) is 5.82 Å². The van der Waals surface area contributed by atoms with Crippen molar-refractivity contribution in [3.8, 4) is 0 Å². The molecule has 0 aliphatic heterocycles. The van der Waals surface area contributed by atoms with Crippen LogP contribution in [-0.2, 0) is 17.8 Å². The fraction of sp³-hybridized carbons (Fsp3) is 0.360. The standard InChI is InChI=1S/C25H28FN3O3/c1-27-25(32)17-11-9-16(10-12-17)14-29-15-18(24-19(26)5-4-7-21(24)29)13-23(31)28-20-6-2-3-8-22(20)30/h4-5,7,9-12,15,20,22,30H,2-3,6,8,13-14H2,1H3,(H,27,32)(H,28,31)/t20-,22-/m0/s1. The number of nitrogens with zero attached hydrogens (tertiary/aromatic N) is 1. The third-order valence-corrected chi connectivity index (χ3v) is 6.16. The Morgan fingerprint density at radius 2 is 1.88 bits per heavy atom. The third kappa shape index (κ3) is 4.67. The number of nitrogens with one attached hydrogen (secondary N) is 2. The first-order chi connectivity index (χ1) is 15.5. The number of aromatic nitrogens is 1. The summed E-state index contributed by atoms with van der Waals surface area (Å²) in [4.78, 5) is 24.4. The van der Waals surface area contributed by atoms with Crippen LogP contribution in [0, 0.1) is 5.82 Å². The molecule has 1 aliphatic rings. The molecule has 1 aromatic heterocycles. The van der Waals surface area contributed by atoms with Gasteiger partial charge in [-0.15, -0.1) is 0 Å². The van der Waals surface area contributed by atoms with Crippen LogP contribution in [0.1, 0.15) is 47.2 Å². The van der Waals surface area contributed by atoms with E-state index in [0.717, 1.165) is 24.8 Å². The van der Waals surface area contributed by atoms with E-state index in [4.69, 9.17) is 0 Å². The summed E-state index contributed by atoms with van der Waals surface area (Å²) in [6.07, 6.45) is 4.74. The predicted octanol–water partition coefficient (Wildman–Crippen LogP) is 3.15. The van der Waals surface area contributed by atoms with Crippen LogP contribution in [0.2, 0.25) is 0 Å². The van der Waals surface area contributed by atoms with Crippen molar-refractivity contribution in [3.05, 3.63) is 71.2 Å². The fourth-order valence-electron chi connectivity index (χ4n) is 4.47. The number of carbonyl (C=O) groups excluding carboxylic acids is 2. The van der Waals surface area contributed by atoms with Gasteiger partial charge in [-0.05, 0) is 48.2 Å². The molecule has 2 amide bonds. The summed E-state index contributed by atoms with van der Waals surface area (Å²) in [5.74, 6) is -0.730. The molecule has 0 unspecified atom stereocenters. The van der Waals surface area contributed by atoms with Gasteiger partial charge in [0.15, 0.2) is 0 Å². The highest BCUT2D eigenvalue weighted by atomic mass is 19.1. The molecule has 0 spiro atoms. The number of amides is 2. The minimum Gasteiger partial charge on any atom is -0.391 e. The number of hydrogen-bond donors (Lipinski definition) is 3. The van der Waals surface area contributed by atoms with E-state index in [9.17, 15) is 19.1 Å². The van der Waals surface area contributed by atoms with Gasteiger partial charge in [-0.3, -0.25) is 9.59 Å². The van der Waals surface area contributed by atoms with Gasteiger partial charge < -0.3 is 20.3 Å². The summed E-state index contributed by atoms with van der Waals surface area (Å²) in [6.45, 7) is 0.483. The molecule has 4 rings (SSSR count). The van der Waals surface area contributed by atoms with Gasteiger partial charge in [-0.25, -0.2) is 4.39 Å². The number of aliphatic hydroxyl groups excluding tert-OH is 1. The van der Waals surface area contributed by atoms with E-state index in [2.05, 4.69) is 10.6 Å². The maximum Gasteiger partial charge on any atom is 0.251 e. The lowest BCUT2D eigenvalue weighted by molar-refractivity contribution is -0.122. The number of aliphatic hydroxyl groups is 1. The van der Waals surface area contributed by atoms with Crippen molar-refractivity contribution in [1.29, 1.82) is 0 Å². The van der Waals surface area contributed by atoms with Gasteiger partial charge in [0.2, 0.25) is 5.91 Å². The van der Waals surface area contributed by atoms with Gasteiger partial charge in [-0.1, -0.05) is 31.0 Å². The van der Waals surface area contributed by atoms with Gasteiger partial charge in [0.05, 0.1) is 24.1 Å². The van der Waals surface area contributed by atoms with E-state index >= 15 is 0 Å². The first-order valence-electron chi connectivity index (χ1n) is 11.0. The molecule has 0 saturated heterocycles. The third-order valence-electron chi connectivity index (χ3n) is 6.16. The lowest BCUT2D eigenvalue weighted by atomic mass is 9.92. The molecule has 2 atom stereocenters. The summed E-state index contributed by atoms with van der Waals surface area (Å²) < 4.78 is 16.6. The lowest BCUT2D eigenvalue weighted by Gasteiger charge is -2.28. The summed E-state index contributed by atoms with van der Waals surface area (Å²) >= 11 is 0. The highest BCUT2D eigenvalue weighted by molar-refractivity contribution is 5.94. The molecule has 7 heteroatoms. The Morgan fingerprint density at radius 3 is 2.59 bits per heavy atom. The second kappa shape index (κ2) is 9.53. The largest absolute Gasteiger partial charge is 0.391 e. The summed E-state index contributed by atoms with van der Waals surface area (Å²) in [7, 11) is 1.59. The highest BCUT2D eigenvalue weighted by Gasteiger charge is 2.25. The summed E-state index contributed by atoms with van der Waals surface area (Å²) in [5.41, 5.74) is 2.85. The molecule has 2 aromatic carbocycles. The Bertz CT molecular complexity index is 1120. The SMILES string of the molecule is CNC(=O)c1ccc(Cn2cc(CC(=O)N[C@H]3CCCC[C@@H]3O)c3c(F)cccc32)cc1. The molecule has 1 fully saturated rings. The zero-order valence-electron chi connectivity index (χ0n) is 18.1. The number of halogens is 1. The maximum atomic E-state index is 14.7. The van der Waals surface area contributed by atoms with Gasteiger partial charge in [-0.2, -0.15) is 0 Å². The Kier molecular flexibility index (Phi) is 6.55. The lowest BCUT2D eigenvalue weighted by Crippen LogP contribution is -2.45. The molecule has 32 heavy (non-hydrogen) atoms. The monoisotopic (exact) mass is 437 g/mol. The molecule has 6 nitrogen and oxygen atoms in total. The van der Waals surface area contributed by atoms with Crippen molar-refractivity contribution in [2.75, 3.05) is 7.05 Å². The average molecular weight is 438 g/mol. The quantitative estimate of drug-likeness (QED) is 0.554. The summed E-state index contributed by atoms with van der Waals surface area (Å²) in [5, 5.41) is 16.1. The fourth-order valence-corrected chi connectivity index (χ4v) is 4.47. The first kappa shape index (κ1) is 22.0. The van der Waals surface area contributed by atoms with Crippen molar-refractivity contribution in [1.82, 2.24) is 15.2 Å². The number of hydrogen-bond acceptors (Lipinski definition) is 3. The van der Waals surface area contributed by atoms with E-state index in [-0.39, 0.29) is 30.1 Å². The van der Waals surface area contributed by atoms with Crippen LogP contribution >= 0.6 is 0 Å². The number of rotatable bonds is 6. The van der Waals surface area contributed by atoms with Gasteiger partial charge >= 0.3 is 0 Å². The van der Waals surface area contributed by atoms with Crippen LogP contribution in [0.4, 0.5) is 4.39 Å². The Morgan fingerprint density at radius 1 is 1.12 bits per heavy atom. The van der Waals surface area contributed by atoms with E-state index in [1.165, 1.54) is 6.07 Å². The molecule has 1 aliphatic carbocycles. The van der Waals surface area contributed by atoms with E-state index < -0.39 is 6.10 Å². The van der Waals surface area contributed by atoms with Crippen molar-refractivity contribution in [3.63, 3.8) is 0 Å². The van der Waals surface area contributed by atoms with Crippen LogP contribution < -0.4 is 10.6 Å². The second-order valence-electron chi connectivity index (χ2n) is 8.39. The minimum atomic E-state index is -0.524. The van der Waals surface area contributed by atoms with Crippen LogP contribution in [0.25, 0.3) is 10.9 Å². The number of carbonyl (C=O) groups is 2. The minimum absolute atomic E-state index is 0.0449. The molecule has 3 N–H and O–H groups in total. The van der Waals surface area contributed by atoms with E-state index in [0.29, 0.717) is 35.0 Å². The van der Waals surface area contributed by atoms with E-state index in [1.54, 1.807) is 25.2 Å². The number of fused-ring (bicyclic) bond motifs is 1. The Hall–Kier alpha value is -3.19. The summed E-state index contributed by atoms with van der Waals surface area (Å²) in [6, 6.07) is 11.9. The molecule has 1 heterocycles. The highest BCUT2D eigenvalue weighted by Crippen LogP contribution is 2.26. The first-order valence-corrected chi connectivity index (χ1v) is 11.0. The van der Waals surface area contributed by atoms with Crippen molar-refractivity contribution in [2.45, 2.75) is 50.8 Å². The van der Waals surface area contributed by atoms with Gasteiger partial charge in [0, 0.05) is 30.7 Å². The van der Waals surface area contributed by atoms with Crippen LogP contribution in [0.15, 0.2) is 48.7 Å². The van der Waals surface area contributed by atoms with Crippen LogP contribution in [-0.4, -0.2) is 40.7 Å². The topological polar surface area (TPSA) is 83.4 Å². The van der Waals surface area contributed by atoms with Gasteiger partial charge in [0.25, 0.3) is 5.91 Å².